The lowest BCUT2D eigenvalue weighted by Crippen LogP contribution is -2.49. The van der Waals surface area contributed by atoms with Crippen LogP contribution in [0.3, 0.4) is 0 Å². The van der Waals surface area contributed by atoms with E-state index in [1.165, 1.54) is 0 Å². The predicted molar refractivity (Wildman–Crippen MR) is 47.9 cm³/mol. The Morgan fingerprint density at radius 3 is 2.75 bits per heavy atom. The van der Waals surface area contributed by atoms with Crippen LogP contribution in [0.15, 0.2) is 9.98 Å². The van der Waals surface area contributed by atoms with Crippen molar-refractivity contribution in [1.29, 1.82) is 0 Å². The van der Waals surface area contributed by atoms with E-state index < -0.39 is 5.66 Å². The molecule has 68 valence electrons. The molecule has 5 heteroatoms. The Morgan fingerprint density at radius 2 is 2.25 bits per heavy atom. The number of amidine groups is 1. The van der Waals surface area contributed by atoms with Crippen molar-refractivity contribution in [2.75, 3.05) is 6.61 Å². The molecule has 3 N–H and O–H groups in total. The van der Waals surface area contributed by atoms with Gasteiger partial charge in [-0.15, -0.1) is 0 Å². The number of guanidine groups is 1. The van der Waals surface area contributed by atoms with E-state index in [0.29, 0.717) is 18.6 Å². The van der Waals surface area contributed by atoms with E-state index in [-0.39, 0.29) is 0 Å². The second-order valence-electron chi connectivity index (χ2n) is 3.01. The molecule has 0 saturated carbocycles. The molecular weight excluding hydrogens is 156 g/mol. The largest absolute Gasteiger partial charge is 0.464 e. The molecule has 0 aromatic heterocycles. The lowest BCUT2D eigenvalue weighted by atomic mass is 10.2. The number of aliphatic imine (C=N–C) groups is 2. The van der Waals surface area contributed by atoms with Gasteiger partial charge in [-0.05, 0) is 20.8 Å². The first-order chi connectivity index (χ1) is 5.53. The Balaban J connectivity index is 2.78. The number of ether oxygens (including phenoxy) is 1. The maximum Gasteiger partial charge on any atom is 0.317 e. The molecular formula is C7H14N4O. The summed E-state index contributed by atoms with van der Waals surface area (Å²) in [6.45, 7) is 6.22. The van der Waals surface area contributed by atoms with E-state index in [4.69, 9.17) is 10.5 Å². The van der Waals surface area contributed by atoms with Crippen LogP contribution in [0.25, 0.3) is 0 Å². The number of nitrogens with zero attached hydrogens (tertiary/aromatic N) is 2. The Morgan fingerprint density at radius 1 is 1.58 bits per heavy atom. The molecule has 5 nitrogen and oxygen atoms in total. The quantitative estimate of drug-likeness (QED) is 0.583. The first-order valence-electron chi connectivity index (χ1n) is 3.88. The summed E-state index contributed by atoms with van der Waals surface area (Å²) in [5.41, 5.74) is 5.09. The number of hydrogen-bond donors (Lipinski definition) is 2. The third kappa shape index (κ3) is 2.11. The summed E-state index contributed by atoms with van der Waals surface area (Å²) >= 11 is 0. The van der Waals surface area contributed by atoms with Crippen molar-refractivity contribution >= 4 is 12.0 Å². The van der Waals surface area contributed by atoms with Crippen LogP contribution in [-0.4, -0.2) is 24.3 Å². The average Bonchev–Trinajstić information content (AvgIpc) is 1.82. The summed E-state index contributed by atoms with van der Waals surface area (Å²) in [7, 11) is 0. The molecule has 0 bridgehead atoms. The standard InChI is InChI=1S/C7H14N4O/c1-4-12-6-9-5(8)10-7(2,3)11-6/h4H2,1-3H3,(H3,8,9,10,11). The van der Waals surface area contributed by atoms with E-state index in [9.17, 15) is 0 Å². The highest BCUT2D eigenvalue weighted by atomic mass is 16.5. The average molecular weight is 170 g/mol. The summed E-state index contributed by atoms with van der Waals surface area (Å²) in [5.74, 6) is 0.346. The van der Waals surface area contributed by atoms with Crippen LogP contribution in [0.1, 0.15) is 20.8 Å². The fraction of sp³-hybridized carbons (Fsp3) is 0.714. The third-order valence-corrected chi connectivity index (χ3v) is 1.30. The fourth-order valence-corrected chi connectivity index (χ4v) is 0.930. The first-order valence-corrected chi connectivity index (χ1v) is 3.88. The summed E-state index contributed by atoms with van der Waals surface area (Å²) in [4.78, 5) is 8.05. The molecule has 0 fully saturated rings. The lowest BCUT2D eigenvalue weighted by Gasteiger charge is -2.25. The number of nitrogens with one attached hydrogen (secondary N) is 1. The molecule has 1 heterocycles. The lowest BCUT2D eigenvalue weighted by molar-refractivity contribution is 0.307. The van der Waals surface area contributed by atoms with Gasteiger partial charge in [0.05, 0.1) is 6.61 Å². The van der Waals surface area contributed by atoms with E-state index in [0.717, 1.165) is 0 Å². The van der Waals surface area contributed by atoms with Gasteiger partial charge in [0.1, 0.15) is 5.66 Å². The van der Waals surface area contributed by atoms with E-state index in [1.54, 1.807) is 0 Å². The minimum atomic E-state index is -0.420. The maximum atomic E-state index is 5.51. The summed E-state index contributed by atoms with van der Waals surface area (Å²) < 4.78 is 5.13. The van der Waals surface area contributed by atoms with Gasteiger partial charge in [0.2, 0.25) is 0 Å². The monoisotopic (exact) mass is 170 g/mol. The highest BCUT2D eigenvalue weighted by Gasteiger charge is 2.22. The van der Waals surface area contributed by atoms with Gasteiger partial charge in [0.25, 0.3) is 0 Å². The van der Waals surface area contributed by atoms with E-state index >= 15 is 0 Å². The molecule has 0 atom stereocenters. The molecule has 0 radical (unpaired) electrons. The van der Waals surface area contributed by atoms with Crippen LogP contribution in [0.5, 0.6) is 0 Å². The maximum absolute atomic E-state index is 5.51. The van der Waals surface area contributed by atoms with Crippen molar-refractivity contribution in [2.24, 2.45) is 15.7 Å². The third-order valence-electron chi connectivity index (χ3n) is 1.30. The molecule has 0 spiro atoms. The smallest absolute Gasteiger partial charge is 0.317 e. The molecule has 0 saturated heterocycles. The topological polar surface area (TPSA) is 72.0 Å². The van der Waals surface area contributed by atoms with Crippen LogP contribution in [0.4, 0.5) is 0 Å². The Labute approximate surface area is 71.7 Å². The highest BCUT2D eigenvalue weighted by Crippen LogP contribution is 2.08. The second-order valence-corrected chi connectivity index (χ2v) is 3.01. The molecule has 0 aromatic carbocycles. The minimum Gasteiger partial charge on any atom is -0.464 e. The van der Waals surface area contributed by atoms with Crippen molar-refractivity contribution < 1.29 is 4.74 Å². The predicted octanol–water partition coefficient (Wildman–Crippen LogP) is 0.0329. The molecule has 1 rings (SSSR count). The van der Waals surface area contributed by atoms with Gasteiger partial charge in [0, 0.05) is 0 Å². The fourth-order valence-electron chi connectivity index (χ4n) is 0.930. The zero-order chi connectivity index (χ0) is 9.19. The number of hydrogen-bond acceptors (Lipinski definition) is 5. The second kappa shape index (κ2) is 3.00. The molecule has 1 aliphatic heterocycles. The molecule has 0 unspecified atom stereocenters. The SMILES string of the molecule is CCOC1=NC(C)(C)NC(N)=N1. The Bertz CT molecular complexity index is 232. The van der Waals surface area contributed by atoms with E-state index in [2.05, 4.69) is 15.3 Å². The normalized spacial score (nSPS) is 20.6. The molecule has 0 aromatic rings. The Kier molecular flexibility index (Phi) is 2.21. The zero-order valence-corrected chi connectivity index (χ0v) is 7.59. The highest BCUT2D eigenvalue weighted by molar-refractivity contribution is 5.93. The molecule has 1 aliphatic rings. The van der Waals surface area contributed by atoms with Gasteiger partial charge in [-0.25, -0.2) is 4.99 Å². The van der Waals surface area contributed by atoms with Crippen molar-refractivity contribution in [2.45, 2.75) is 26.4 Å². The van der Waals surface area contributed by atoms with Gasteiger partial charge in [-0.1, -0.05) is 0 Å². The molecule has 0 aliphatic carbocycles. The van der Waals surface area contributed by atoms with Crippen molar-refractivity contribution in [3.8, 4) is 0 Å². The van der Waals surface area contributed by atoms with Crippen molar-refractivity contribution in [1.82, 2.24) is 5.32 Å². The van der Waals surface area contributed by atoms with Gasteiger partial charge in [-0.2, -0.15) is 4.99 Å². The molecule has 0 amide bonds. The van der Waals surface area contributed by atoms with Crippen LogP contribution in [0, 0.1) is 0 Å². The Hall–Kier alpha value is -1.26. The number of nitrogens with two attached hydrogens (primary N) is 1. The summed E-state index contributed by atoms with van der Waals surface area (Å²) in [6.07, 6.45) is 0. The first kappa shape index (κ1) is 8.83. The van der Waals surface area contributed by atoms with Gasteiger partial charge in [0.15, 0.2) is 5.96 Å². The number of rotatable bonds is 1. The van der Waals surface area contributed by atoms with Gasteiger partial charge < -0.3 is 15.8 Å². The minimum absolute atomic E-state index is 0.346. The van der Waals surface area contributed by atoms with Crippen molar-refractivity contribution in [3.05, 3.63) is 0 Å². The van der Waals surface area contributed by atoms with Crippen LogP contribution < -0.4 is 11.1 Å². The van der Waals surface area contributed by atoms with Crippen LogP contribution in [-0.2, 0) is 4.74 Å². The van der Waals surface area contributed by atoms with Crippen LogP contribution in [0.2, 0.25) is 0 Å². The summed E-state index contributed by atoms with van der Waals surface area (Å²) in [5, 5.41) is 2.90. The zero-order valence-electron chi connectivity index (χ0n) is 7.59. The molecule has 12 heavy (non-hydrogen) atoms. The van der Waals surface area contributed by atoms with Crippen LogP contribution >= 0.6 is 0 Å². The van der Waals surface area contributed by atoms with Crippen molar-refractivity contribution in [3.63, 3.8) is 0 Å². The van der Waals surface area contributed by atoms with E-state index in [1.807, 2.05) is 20.8 Å². The van der Waals surface area contributed by atoms with Gasteiger partial charge in [-0.3, -0.25) is 0 Å². The summed E-state index contributed by atoms with van der Waals surface area (Å²) in [6, 6.07) is 0.346. The van der Waals surface area contributed by atoms with Gasteiger partial charge >= 0.3 is 6.02 Å².